The van der Waals surface area contributed by atoms with E-state index >= 15 is 0 Å². The zero-order valence-electron chi connectivity index (χ0n) is 5.89. The van der Waals surface area contributed by atoms with E-state index in [9.17, 15) is 0 Å². The maximum absolute atomic E-state index is 5.50. The largest absolute Gasteiger partial charge is 0.0716 e. The van der Waals surface area contributed by atoms with Crippen LogP contribution in [0.1, 0.15) is 11.1 Å². The fourth-order valence-electron chi connectivity index (χ4n) is 0.860. The molecule has 0 nitrogen and oxygen atoms in total. The average molecular weight is 195 g/mol. The Morgan fingerprint density at radius 3 is 2.70 bits per heavy atom. The molecule has 0 heterocycles. The molecule has 0 atom stereocenters. The smallest absolute Gasteiger partial charge is 0.0640 e. The van der Waals surface area contributed by atoms with Gasteiger partial charge in [0, 0.05) is 4.47 Å². The molecule has 1 aromatic rings. The Balaban J connectivity index is 3.09. The molecule has 0 saturated heterocycles. The number of hydrogen-bond acceptors (Lipinski definition) is 0. The summed E-state index contributed by atoms with van der Waals surface area (Å²) in [6.07, 6.45) is 0.616. The van der Waals surface area contributed by atoms with E-state index in [0.29, 0.717) is 6.32 Å². The van der Waals surface area contributed by atoms with Crippen molar-refractivity contribution in [3.8, 4) is 0 Å². The molecule has 0 aliphatic heterocycles. The van der Waals surface area contributed by atoms with Crippen LogP contribution in [-0.2, 0) is 6.32 Å². The summed E-state index contributed by atoms with van der Waals surface area (Å²) in [6.45, 7) is 2.06. The SMILES string of the molecule is [B]Cc1cc(Br)ccc1C. The average Bonchev–Trinajstić information content (AvgIpc) is 1.94. The van der Waals surface area contributed by atoms with Gasteiger partial charge in [-0.25, -0.2) is 0 Å². The fourth-order valence-corrected chi connectivity index (χ4v) is 1.27. The van der Waals surface area contributed by atoms with Crippen LogP contribution in [-0.4, -0.2) is 7.85 Å². The Morgan fingerprint density at radius 2 is 2.20 bits per heavy atom. The lowest BCUT2D eigenvalue weighted by Crippen LogP contribution is -1.87. The van der Waals surface area contributed by atoms with Crippen molar-refractivity contribution in [3.05, 3.63) is 33.8 Å². The van der Waals surface area contributed by atoms with Crippen molar-refractivity contribution in [2.75, 3.05) is 0 Å². The van der Waals surface area contributed by atoms with E-state index in [2.05, 4.69) is 35.0 Å². The molecule has 0 aromatic heterocycles. The van der Waals surface area contributed by atoms with Crippen LogP contribution in [0.3, 0.4) is 0 Å². The lowest BCUT2D eigenvalue weighted by atomic mass is 9.94. The molecule has 2 heteroatoms. The zero-order valence-corrected chi connectivity index (χ0v) is 7.48. The van der Waals surface area contributed by atoms with Gasteiger partial charge in [0.1, 0.15) is 0 Å². The monoisotopic (exact) mass is 194 g/mol. The van der Waals surface area contributed by atoms with Gasteiger partial charge in [0.2, 0.25) is 0 Å². The predicted molar refractivity (Wildman–Crippen MR) is 48.3 cm³/mol. The molecular formula is C8H8BBr. The van der Waals surface area contributed by atoms with Crippen molar-refractivity contribution in [3.63, 3.8) is 0 Å². The lowest BCUT2D eigenvalue weighted by molar-refractivity contribution is 1.29. The summed E-state index contributed by atoms with van der Waals surface area (Å²) >= 11 is 3.38. The quantitative estimate of drug-likeness (QED) is 0.603. The van der Waals surface area contributed by atoms with Crippen molar-refractivity contribution in [2.45, 2.75) is 13.2 Å². The fraction of sp³-hybridized carbons (Fsp3) is 0.250. The van der Waals surface area contributed by atoms with E-state index in [0.717, 1.165) is 4.47 Å². The Kier molecular flexibility index (Phi) is 2.55. The van der Waals surface area contributed by atoms with Crippen LogP contribution in [0.15, 0.2) is 22.7 Å². The van der Waals surface area contributed by atoms with Gasteiger partial charge in [-0.1, -0.05) is 33.9 Å². The topological polar surface area (TPSA) is 0 Å². The number of rotatable bonds is 1. The molecule has 1 aromatic carbocycles. The number of halogens is 1. The molecular weight excluding hydrogens is 187 g/mol. The van der Waals surface area contributed by atoms with E-state index in [1.165, 1.54) is 11.1 Å². The summed E-state index contributed by atoms with van der Waals surface area (Å²) in [6, 6.07) is 6.14. The molecule has 2 radical (unpaired) electrons. The molecule has 1 rings (SSSR count). The van der Waals surface area contributed by atoms with Crippen LogP contribution in [0, 0.1) is 6.92 Å². The number of benzene rings is 1. The summed E-state index contributed by atoms with van der Waals surface area (Å²) in [5, 5.41) is 0. The first-order valence-corrected chi connectivity index (χ1v) is 3.98. The standard InChI is InChI=1S/C8H8BBr/c1-6-2-3-8(10)4-7(6)5-9/h2-4H,5H2,1H3. The minimum absolute atomic E-state index is 0.616. The molecule has 0 saturated carbocycles. The van der Waals surface area contributed by atoms with Crippen molar-refractivity contribution in [2.24, 2.45) is 0 Å². The maximum atomic E-state index is 5.50. The molecule has 50 valence electrons. The van der Waals surface area contributed by atoms with Gasteiger partial charge >= 0.3 is 0 Å². The second-order valence-corrected chi connectivity index (χ2v) is 3.19. The van der Waals surface area contributed by atoms with Crippen LogP contribution >= 0.6 is 15.9 Å². The highest BCUT2D eigenvalue weighted by atomic mass is 79.9. The minimum Gasteiger partial charge on any atom is -0.0640 e. The van der Waals surface area contributed by atoms with Gasteiger partial charge in [-0.2, -0.15) is 0 Å². The third-order valence-electron chi connectivity index (χ3n) is 1.53. The van der Waals surface area contributed by atoms with Crippen LogP contribution in [0.4, 0.5) is 0 Å². The van der Waals surface area contributed by atoms with Crippen molar-refractivity contribution < 1.29 is 0 Å². The molecule has 0 aliphatic carbocycles. The number of hydrogen-bond donors (Lipinski definition) is 0. The van der Waals surface area contributed by atoms with Crippen molar-refractivity contribution in [1.82, 2.24) is 0 Å². The van der Waals surface area contributed by atoms with E-state index in [1.807, 2.05) is 6.07 Å². The first-order valence-electron chi connectivity index (χ1n) is 3.19. The van der Waals surface area contributed by atoms with Crippen molar-refractivity contribution >= 4 is 23.8 Å². The molecule has 0 unspecified atom stereocenters. The second-order valence-electron chi connectivity index (χ2n) is 2.27. The molecule has 0 aliphatic rings. The number of aryl methyl sites for hydroxylation is 1. The highest BCUT2D eigenvalue weighted by Gasteiger charge is 1.94. The van der Waals surface area contributed by atoms with Gasteiger partial charge in [0.05, 0.1) is 7.85 Å². The molecule has 0 bridgehead atoms. The molecule has 0 spiro atoms. The Bertz CT molecular complexity index is 233. The third-order valence-corrected chi connectivity index (χ3v) is 2.02. The third kappa shape index (κ3) is 1.63. The summed E-state index contributed by atoms with van der Waals surface area (Å²) in [7, 11) is 5.50. The van der Waals surface area contributed by atoms with Crippen molar-refractivity contribution in [1.29, 1.82) is 0 Å². The van der Waals surface area contributed by atoms with Crippen LogP contribution in [0.2, 0.25) is 0 Å². The first kappa shape index (κ1) is 7.87. The summed E-state index contributed by atoms with van der Waals surface area (Å²) in [5.74, 6) is 0. The van der Waals surface area contributed by atoms with Gasteiger partial charge in [0.15, 0.2) is 0 Å². The Morgan fingerprint density at radius 1 is 1.50 bits per heavy atom. The van der Waals surface area contributed by atoms with E-state index in [4.69, 9.17) is 7.85 Å². The predicted octanol–water partition coefficient (Wildman–Crippen LogP) is 2.43. The minimum atomic E-state index is 0.616. The summed E-state index contributed by atoms with van der Waals surface area (Å²) in [5.41, 5.74) is 2.46. The van der Waals surface area contributed by atoms with Crippen LogP contribution in [0.25, 0.3) is 0 Å². The van der Waals surface area contributed by atoms with E-state index < -0.39 is 0 Å². The first-order chi connectivity index (χ1) is 4.74. The van der Waals surface area contributed by atoms with Gasteiger partial charge in [-0.05, 0) is 24.6 Å². The highest BCUT2D eigenvalue weighted by molar-refractivity contribution is 9.10. The zero-order chi connectivity index (χ0) is 7.56. The maximum Gasteiger partial charge on any atom is 0.0716 e. The molecule has 10 heavy (non-hydrogen) atoms. The summed E-state index contributed by atoms with van der Waals surface area (Å²) < 4.78 is 1.10. The molecule has 0 amide bonds. The van der Waals surface area contributed by atoms with E-state index in [1.54, 1.807) is 0 Å². The highest BCUT2D eigenvalue weighted by Crippen LogP contribution is 2.15. The molecule has 0 N–H and O–H groups in total. The van der Waals surface area contributed by atoms with Gasteiger partial charge in [0.25, 0.3) is 0 Å². The lowest BCUT2D eigenvalue weighted by Gasteiger charge is -2.01. The normalized spacial score (nSPS) is 9.80. The van der Waals surface area contributed by atoms with Gasteiger partial charge in [-0.15, -0.1) is 0 Å². The van der Waals surface area contributed by atoms with Crippen LogP contribution in [0.5, 0.6) is 0 Å². The molecule has 0 fully saturated rings. The Hall–Kier alpha value is -0.235. The van der Waals surface area contributed by atoms with Crippen LogP contribution < -0.4 is 0 Å². The second kappa shape index (κ2) is 3.24. The van der Waals surface area contributed by atoms with Gasteiger partial charge in [-0.3, -0.25) is 0 Å². The van der Waals surface area contributed by atoms with Gasteiger partial charge < -0.3 is 0 Å². The van der Waals surface area contributed by atoms with E-state index in [-0.39, 0.29) is 0 Å². The Labute approximate surface area is 71.2 Å². The summed E-state index contributed by atoms with van der Waals surface area (Å²) in [4.78, 5) is 0.